The Morgan fingerprint density at radius 1 is 1.29 bits per heavy atom. The van der Waals surface area contributed by atoms with Crippen molar-refractivity contribution in [1.29, 1.82) is 0 Å². The molecule has 0 saturated carbocycles. The Labute approximate surface area is 133 Å². The van der Waals surface area contributed by atoms with E-state index in [1.807, 2.05) is 20.8 Å². The van der Waals surface area contributed by atoms with Crippen LogP contribution in [0, 0.1) is 5.92 Å². The number of halogens is 2. The van der Waals surface area contributed by atoms with Crippen molar-refractivity contribution in [2.45, 2.75) is 26.8 Å². The highest BCUT2D eigenvalue weighted by Gasteiger charge is 2.18. The zero-order chi connectivity index (χ0) is 16.2. The van der Waals surface area contributed by atoms with Crippen molar-refractivity contribution in [2.24, 2.45) is 5.92 Å². The first-order valence-electron chi connectivity index (χ1n) is 6.43. The van der Waals surface area contributed by atoms with Crippen molar-refractivity contribution in [3.63, 3.8) is 0 Å². The van der Waals surface area contributed by atoms with Crippen LogP contribution in [-0.2, 0) is 9.53 Å². The minimum atomic E-state index is -0.749. The fourth-order valence-corrected chi connectivity index (χ4v) is 1.84. The van der Waals surface area contributed by atoms with Crippen LogP contribution in [0.15, 0.2) is 12.1 Å². The Morgan fingerprint density at radius 3 is 2.48 bits per heavy atom. The second kappa shape index (κ2) is 7.52. The molecule has 5 nitrogen and oxygen atoms in total. The maximum atomic E-state index is 11.9. The number of anilines is 1. The summed E-state index contributed by atoms with van der Waals surface area (Å²) in [7, 11) is 0. The van der Waals surface area contributed by atoms with Gasteiger partial charge in [0.05, 0.1) is 15.6 Å². The number of nitrogen functional groups attached to an aromatic ring is 1. The average Bonchev–Trinajstić information content (AvgIpc) is 2.39. The summed E-state index contributed by atoms with van der Waals surface area (Å²) in [4.78, 5) is 23.5. The van der Waals surface area contributed by atoms with E-state index in [1.54, 1.807) is 0 Å². The Balaban J connectivity index is 2.65. The number of hydrogen-bond acceptors (Lipinski definition) is 4. The van der Waals surface area contributed by atoms with E-state index in [2.05, 4.69) is 5.32 Å². The molecule has 0 aliphatic heterocycles. The molecule has 21 heavy (non-hydrogen) atoms. The Hall–Kier alpha value is -1.46. The zero-order valence-electron chi connectivity index (χ0n) is 12.1. The molecule has 1 atom stereocenters. The maximum absolute atomic E-state index is 11.9. The van der Waals surface area contributed by atoms with Gasteiger partial charge in [-0.15, -0.1) is 0 Å². The molecule has 1 unspecified atom stereocenters. The van der Waals surface area contributed by atoms with Crippen molar-refractivity contribution in [3.8, 4) is 0 Å². The van der Waals surface area contributed by atoms with E-state index in [4.69, 9.17) is 33.7 Å². The van der Waals surface area contributed by atoms with Gasteiger partial charge in [0, 0.05) is 11.7 Å². The van der Waals surface area contributed by atoms with Crippen LogP contribution in [0.3, 0.4) is 0 Å². The van der Waals surface area contributed by atoms with Crippen LogP contribution < -0.4 is 11.1 Å². The van der Waals surface area contributed by atoms with E-state index in [1.165, 1.54) is 12.1 Å². The molecule has 1 amide bonds. The van der Waals surface area contributed by atoms with E-state index in [-0.39, 0.29) is 39.2 Å². The molecule has 0 saturated heterocycles. The van der Waals surface area contributed by atoms with Crippen molar-refractivity contribution in [3.05, 3.63) is 27.7 Å². The molecule has 0 bridgehead atoms. The van der Waals surface area contributed by atoms with E-state index in [0.717, 1.165) is 0 Å². The summed E-state index contributed by atoms with van der Waals surface area (Å²) in [5, 5.41) is 2.93. The summed E-state index contributed by atoms with van der Waals surface area (Å²) in [6.07, 6.45) is 0. The Bertz CT molecular complexity index is 547. The van der Waals surface area contributed by atoms with Gasteiger partial charge in [0.25, 0.3) is 5.91 Å². The molecule has 0 spiro atoms. The zero-order valence-corrected chi connectivity index (χ0v) is 13.6. The fourth-order valence-electron chi connectivity index (χ4n) is 1.43. The lowest BCUT2D eigenvalue weighted by atomic mass is 10.1. The predicted molar refractivity (Wildman–Crippen MR) is 83.6 cm³/mol. The SMILES string of the molecule is CC(C)C(C)NC(=O)COC(=O)c1cc(N)cc(Cl)c1Cl. The summed E-state index contributed by atoms with van der Waals surface area (Å²) in [6.45, 7) is 5.44. The quantitative estimate of drug-likeness (QED) is 0.641. The van der Waals surface area contributed by atoms with Gasteiger partial charge in [-0.2, -0.15) is 0 Å². The van der Waals surface area contributed by atoms with Gasteiger partial charge >= 0.3 is 5.97 Å². The third kappa shape index (κ3) is 5.10. The lowest BCUT2D eigenvalue weighted by Gasteiger charge is -2.17. The molecular weight excluding hydrogens is 315 g/mol. The summed E-state index contributed by atoms with van der Waals surface area (Å²) < 4.78 is 4.91. The number of carbonyl (C=O) groups is 2. The first kappa shape index (κ1) is 17.6. The van der Waals surface area contributed by atoms with Gasteiger partial charge in [0.1, 0.15) is 0 Å². The third-order valence-electron chi connectivity index (χ3n) is 2.99. The largest absolute Gasteiger partial charge is 0.452 e. The molecule has 0 aliphatic rings. The maximum Gasteiger partial charge on any atom is 0.340 e. The average molecular weight is 333 g/mol. The minimum Gasteiger partial charge on any atom is -0.452 e. The smallest absolute Gasteiger partial charge is 0.340 e. The molecule has 0 aromatic heterocycles. The molecule has 0 heterocycles. The van der Waals surface area contributed by atoms with Crippen molar-refractivity contribution < 1.29 is 14.3 Å². The Morgan fingerprint density at radius 2 is 1.90 bits per heavy atom. The number of esters is 1. The first-order valence-corrected chi connectivity index (χ1v) is 7.19. The molecule has 0 fully saturated rings. The topological polar surface area (TPSA) is 81.4 Å². The summed E-state index contributed by atoms with van der Waals surface area (Å²) in [6, 6.07) is 2.77. The summed E-state index contributed by atoms with van der Waals surface area (Å²) in [5.74, 6) is -0.843. The van der Waals surface area contributed by atoms with Crippen molar-refractivity contribution in [1.82, 2.24) is 5.32 Å². The third-order valence-corrected chi connectivity index (χ3v) is 3.80. The van der Waals surface area contributed by atoms with Crippen LogP contribution in [-0.4, -0.2) is 24.5 Å². The number of amides is 1. The van der Waals surface area contributed by atoms with Crippen LogP contribution in [0.5, 0.6) is 0 Å². The highest BCUT2D eigenvalue weighted by atomic mass is 35.5. The van der Waals surface area contributed by atoms with E-state index >= 15 is 0 Å². The van der Waals surface area contributed by atoms with Gasteiger partial charge in [-0.25, -0.2) is 4.79 Å². The molecule has 7 heteroatoms. The van der Waals surface area contributed by atoms with Gasteiger partial charge in [0.2, 0.25) is 0 Å². The standard InChI is InChI=1S/C14H18Cl2N2O3/c1-7(2)8(3)18-12(19)6-21-14(20)10-4-9(17)5-11(15)13(10)16/h4-5,7-8H,6,17H2,1-3H3,(H,18,19). The Kier molecular flexibility index (Phi) is 6.30. The molecular formula is C14H18Cl2N2O3. The van der Waals surface area contributed by atoms with Gasteiger partial charge in [-0.3, -0.25) is 4.79 Å². The molecule has 116 valence electrons. The number of hydrogen-bond donors (Lipinski definition) is 2. The second-order valence-corrected chi connectivity index (χ2v) is 5.83. The molecule has 1 aromatic rings. The van der Waals surface area contributed by atoms with Gasteiger partial charge in [-0.05, 0) is 25.0 Å². The molecule has 0 radical (unpaired) electrons. The lowest BCUT2D eigenvalue weighted by molar-refractivity contribution is -0.125. The van der Waals surface area contributed by atoms with E-state index in [0.29, 0.717) is 0 Å². The van der Waals surface area contributed by atoms with Gasteiger partial charge in [-0.1, -0.05) is 37.0 Å². The minimum absolute atomic E-state index is 0.0124. The lowest BCUT2D eigenvalue weighted by Crippen LogP contribution is -2.38. The number of ether oxygens (including phenoxy) is 1. The number of benzene rings is 1. The van der Waals surface area contributed by atoms with Crippen LogP contribution in [0.2, 0.25) is 10.0 Å². The summed E-state index contributed by atoms with van der Waals surface area (Å²) in [5.41, 5.74) is 5.91. The van der Waals surface area contributed by atoms with Crippen LogP contribution in [0.4, 0.5) is 5.69 Å². The monoisotopic (exact) mass is 332 g/mol. The van der Waals surface area contributed by atoms with E-state index < -0.39 is 12.6 Å². The van der Waals surface area contributed by atoms with Crippen LogP contribution >= 0.6 is 23.2 Å². The molecule has 1 rings (SSSR count). The highest BCUT2D eigenvalue weighted by Crippen LogP contribution is 2.29. The predicted octanol–water partition coefficient (Wildman–Crippen LogP) is 2.89. The van der Waals surface area contributed by atoms with Crippen molar-refractivity contribution in [2.75, 3.05) is 12.3 Å². The summed E-state index contributed by atoms with van der Waals surface area (Å²) >= 11 is 11.7. The highest BCUT2D eigenvalue weighted by molar-refractivity contribution is 6.44. The normalized spacial score (nSPS) is 12.1. The van der Waals surface area contributed by atoms with Crippen molar-refractivity contribution >= 4 is 40.8 Å². The first-order chi connectivity index (χ1) is 9.72. The van der Waals surface area contributed by atoms with Crippen LogP contribution in [0.25, 0.3) is 0 Å². The number of carbonyl (C=O) groups excluding carboxylic acids is 2. The fraction of sp³-hybridized carbons (Fsp3) is 0.429. The van der Waals surface area contributed by atoms with Gasteiger partial charge in [0.15, 0.2) is 6.61 Å². The molecule has 1 aromatic carbocycles. The number of nitrogens with one attached hydrogen (secondary N) is 1. The van der Waals surface area contributed by atoms with Gasteiger partial charge < -0.3 is 15.8 Å². The van der Waals surface area contributed by atoms with Crippen LogP contribution in [0.1, 0.15) is 31.1 Å². The molecule has 0 aliphatic carbocycles. The van der Waals surface area contributed by atoms with E-state index in [9.17, 15) is 9.59 Å². The number of nitrogens with two attached hydrogens (primary N) is 1. The number of rotatable bonds is 5. The second-order valence-electron chi connectivity index (χ2n) is 5.04. The molecule has 3 N–H and O–H groups in total.